The van der Waals surface area contributed by atoms with Crippen LogP contribution in [0.15, 0.2) is 30.3 Å². The number of hydrogen-bond donors (Lipinski definition) is 4. The molecule has 2 aromatic rings. The molecule has 0 aliphatic carbocycles. The molecule has 0 bridgehead atoms. The highest BCUT2D eigenvalue weighted by molar-refractivity contribution is 7.71. The van der Waals surface area contributed by atoms with E-state index in [2.05, 4.69) is 20.5 Å². The second-order valence-electron chi connectivity index (χ2n) is 3.33. The largest absolute Gasteiger partial charge is 0.383 e. The maximum atomic E-state index is 9.77. The number of hydrogen-bond acceptors (Lipinski definition) is 4. The van der Waals surface area contributed by atoms with Gasteiger partial charge in [-0.3, -0.25) is 5.10 Å². The van der Waals surface area contributed by atoms with Crippen molar-refractivity contribution in [3.63, 3.8) is 0 Å². The van der Waals surface area contributed by atoms with Gasteiger partial charge in [0.2, 0.25) is 0 Å². The Labute approximate surface area is 97.5 Å². The molecular weight excluding hydrogens is 224 g/mol. The van der Waals surface area contributed by atoms with Crippen LogP contribution in [0.5, 0.6) is 0 Å². The number of nitrogens with zero attached hydrogens (tertiary/aromatic N) is 1. The average Bonchev–Trinajstić information content (AvgIpc) is 2.74. The van der Waals surface area contributed by atoms with Gasteiger partial charge in [0.25, 0.3) is 0 Å². The number of rotatable bonds is 4. The van der Waals surface area contributed by atoms with E-state index in [1.165, 1.54) is 0 Å². The molecule has 1 heterocycles. The van der Waals surface area contributed by atoms with Gasteiger partial charge in [0.15, 0.2) is 10.6 Å². The van der Waals surface area contributed by atoms with Crippen LogP contribution in [0, 0.1) is 4.77 Å². The fraction of sp³-hybridized carbons (Fsp3) is 0.200. The van der Waals surface area contributed by atoms with Gasteiger partial charge in [-0.25, -0.2) is 0 Å². The van der Waals surface area contributed by atoms with Crippen molar-refractivity contribution in [3.8, 4) is 0 Å². The van der Waals surface area contributed by atoms with Crippen LogP contribution in [0.3, 0.4) is 0 Å². The van der Waals surface area contributed by atoms with Gasteiger partial charge in [-0.05, 0) is 24.4 Å². The Balaban J connectivity index is 1.94. The van der Waals surface area contributed by atoms with Gasteiger partial charge in [-0.2, -0.15) is 5.10 Å². The van der Waals surface area contributed by atoms with Crippen LogP contribution < -0.4 is 5.32 Å². The van der Waals surface area contributed by atoms with Crippen LogP contribution in [0.4, 0.5) is 5.69 Å². The SMILES string of the molecule is OC(CNc1ccccc1)c1n[nH]c(=S)[nH]1. The van der Waals surface area contributed by atoms with Crippen molar-refractivity contribution in [1.29, 1.82) is 0 Å². The minimum absolute atomic E-state index is 0.375. The first-order valence-electron chi connectivity index (χ1n) is 4.87. The summed E-state index contributed by atoms with van der Waals surface area (Å²) in [4.78, 5) is 2.77. The number of para-hydroxylation sites is 1. The maximum Gasteiger partial charge on any atom is 0.192 e. The highest BCUT2D eigenvalue weighted by atomic mass is 32.1. The third-order valence-electron chi connectivity index (χ3n) is 2.11. The molecule has 0 spiro atoms. The van der Waals surface area contributed by atoms with Gasteiger partial charge in [-0.15, -0.1) is 0 Å². The molecule has 0 saturated heterocycles. The van der Waals surface area contributed by atoms with E-state index in [0.717, 1.165) is 5.69 Å². The summed E-state index contributed by atoms with van der Waals surface area (Å²) < 4.78 is 0.411. The molecule has 2 rings (SSSR count). The molecule has 1 aromatic carbocycles. The maximum absolute atomic E-state index is 9.77. The molecule has 0 aliphatic rings. The molecule has 16 heavy (non-hydrogen) atoms. The number of aromatic amines is 2. The molecule has 1 unspecified atom stereocenters. The molecule has 4 N–H and O–H groups in total. The Morgan fingerprint density at radius 1 is 1.38 bits per heavy atom. The van der Waals surface area contributed by atoms with Crippen LogP contribution >= 0.6 is 12.2 Å². The van der Waals surface area contributed by atoms with Crippen LogP contribution in [0.1, 0.15) is 11.9 Å². The summed E-state index contributed by atoms with van der Waals surface area (Å²) in [5.41, 5.74) is 0.954. The number of aliphatic hydroxyl groups is 1. The van der Waals surface area contributed by atoms with Gasteiger partial charge in [0.1, 0.15) is 6.10 Å². The molecule has 0 radical (unpaired) electrons. The number of H-pyrrole nitrogens is 2. The van der Waals surface area contributed by atoms with E-state index in [-0.39, 0.29) is 0 Å². The van der Waals surface area contributed by atoms with Crippen molar-refractivity contribution >= 4 is 17.9 Å². The third-order valence-corrected chi connectivity index (χ3v) is 2.30. The highest BCUT2D eigenvalue weighted by Crippen LogP contribution is 2.10. The Morgan fingerprint density at radius 2 is 2.12 bits per heavy atom. The lowest BCUT2D eigenvalue weighted by atomic mass is 10.3. The van der Waals surface area contributed by atoms with Crippen molar-refractivity contribution in [1.82, 2.24) is 15.2 Å². The zero-order valence-electron chi connectivity index (χ0n) is 8.47. The molecule has 0 aliphatic heterocycles. The Morgan fingerprint density at radius 3 is 2.75 bits per heavy atom. The number of benzene rings is 1. The standard InChI is InChI=1S/C10H12N4OS/c15-8(9-12-10(16)14-13-9)6-11-7-4-2-1-3-5-7/h1-5,8,11,15H,6H2,(H2,12,13,14,16). The summed E-state index contributed by atoms with van der Waals surface area (Å²) in [6.45, 7) is 0.375. The highest BCUT2D eigenvalue weighted by Gasteiger charge is 2.09. The van der Waals surface area contributed by atoms with Crippen LogP contribution in [0.25, 0.3) is 0 Å². The molecular formula is C10H12N4OS. The number of aliphatic hydroxyl groups excluding tert-OH is 1. The quantitative estimate of drug-likeness (QED) is 0.608. The molecule has 6 heteroatoms. The molecule has 5 nitrogen and oxygen atoms in total. The third kappa shape index (κ3) is 2.68. The van der Waals surface area contributed by atoms with E-state index < -0.39 is 6.10 Å². The van der Waals surface area contributed by atoms with E-state index in [0.29, 0.717) is 17.1 Å². The van der Waals surface area contributed by atoms with Crippen molar-refractivity contribution in [2.75, 3.05) is 11.9 Å². The molecule has 1 aromatic heterocycles. The Bertz CT molecular complexity index is 493. The summed E-state index contributed by atoms with van der Waals surface area (Å²) >= 11 is 4.82. The molecule has 0 saturated carbocycles. The summed E-state index contributed by atoms with van der Waals surface area (Å²) in [6.07, 6.45) is -0.715. The fourth-order valence-electron chi connectivity index (χ4n) is 1.31. The van der Waals surface area contributed by atoms with Crippen molar-refractivity contribution in [2.45, 2.75) is 6.10 Å². The zero-order chi connectivity index (χ0) is 11.4. The van der Waals surface area contributed by atoms with Gasteiger partial charge in [-0.1, -0.05) is 18.2 Å². The minimum atomic E-state index is -0.715. The monoisotopic (exact) mass is 236 g/mol. The first-order chi connectivity index (χ1) is 7.75. The summed E-state index contributed by atoms with van der Waals surface area (Å²) in [7, 11) is 0. The second kappa shape index (κ2) is 4.91. The molecule has 0 fully saturated rings. The lowest BCUT2D eigenvalue weighted by molar-refractivity contribution is 0.182. The van der Waals surface area contributed by atoms with Crippen molar-refractivity contribution in [3.05, 3.63) is 40.9 Å². The Hall–Kier alpha value is -1.66. The predicted octanol–water partition coefficient (Wildman–Crippen LogP) is 1.61. The lowest BCUT2D eigenvalue weighted by Gasteiger charge is -2.09. The van der Waals surface area contributed by atoms with Gasteiger partial charge in [0, 0.05) is 12.2 Å². The van der Waals surface area contributed by atoms with Gasteiger partial charge >= 0.3 is 0 Å². The summed E-state index contributed by atoms with van der Waals surface area (Å²) in [5, 5.41) is 19.3. The topological polar surface area (TPSA) is 76.7 Å². The smallest absolute Gasteiger partial charge is 0.192 e. The molecule has 0 amide bonds. The average molecular weight is 236 g/mol. The molecule has 84 valence electrons. The van der Waals surface area contributed by atoms with Crippen molar-refractivity contribution in [2.24, 2.45) is 0 Å². The number of aromatic nitrogens is 3. The van der Waals surface area contributed by atoms with Crippen molar-refractivity contribution < 1.29 is 5.11 Å². The minimum Gasteiger partial charge on any atom is -0.383 e. The predicted molar refractivity (Wildman–Crippen MR) is 63.7 cm³/mol. The summed E-state index contributed by atoms with van der Waals surface area (Å²) in [6, 6.07) is 9.65. The van der Waals surface area contributed by atoms with E-state index >= 15 is 0 Å². The van der Waals surface area contributed by atoms with Crippen LogP contribution in [0.2, 0.25) is 0 Å². The normalized spacial score (nSPS) is 12.3. The Kier molecular flexibility index (Phi) is 3.33. The number of anilines is 1. The first kappa shape index (κ1) is 10.8. The lowest BCUT2D eigenvalue weighted by Crippen LogP contribution is -2.13. The molecule has 1 atom stereocenters. The first-order valence-corrected chi connectivity index (χ1v) is 5.28. The fourth-order valence-corrected chi connectivity index (χ4v) is 1.46. The zero-order valence-corrected chi connectivity index (χ0v) is 9.29. The van der Waals surface area contributed by atoms with Gasteiger partial charge in [0.05, 0.1) is 0 Å². The van der Waals surface area contributed by atoms with E-state index in [1.54, 1.807) is 0 Å². The van der Waals surface area contributed by atoms with Crippen LogP contribution in [-0.4, -0.2) is 26.8 Å². The van der Waals surface area contributed by atoms with Crippen LogP contribution in [-0.2, 0) is 0 Å². The van der Waals surface area contributed by atoms with E-state index in [9.17, 15) is 5.11 Å². The second-order valence-corrected chi connectivity index (χ2v) is 3.73. The summed E-state index contributed by atoms with van der Waals surface area (Å²) in [5.74, 6) is 0.438. The van der Waals surface area contributed by atoms with E-state index in [1.807, 2.05) is 30.3 Å². The number of nitrogens with one attached hydrogen (secondary N) is 3. The van der Waals surface area contributed by atoms with Gasteiger partial charge < -0.3 is 15.4 Å². The van der Waals surface area contributed by atoms with E-state index in [4.69, 9.17) is 12.2 Å².